The molecule has 2 aromatic heterocycles. The zero-order chi connectivity index (χ0) is 28.2. The first-order chi connectivity index (χ1) is 20.1. The number of piperazine rings is 1. The highest BCUT2D eigenvalue weighted by Gasteiger charge is 2.17. The van der Waals surface area contributed by atoms with Crippen molar-refractivity contribution < 1.29 is 9.47 Å². The van der Waals surface area contributed by atoms with Gasteiger partial charge in [-0.15, -0.1) is 0 Å². The van der Waals surface area contributed by atoms with Gasteiger partial charge < -0.3 is 29.9 Å². The third-order valence-electron chi connectivity index (χ3n) is 7.37. The number of imidazole rings is 1. The number of ether oxygens (including phenoxy) is 2. The zero-order valence-electron chi connectivity index (χ0n) is 23.5. The number of fused-ring (bicyclic) bond motifs is 1. The van der Waals surface area contributed by atoms with Gasteiger partial charge in [0.25, 0.3) is 0 Å². The predicted octanol–water partition coefficient (Wildman–Crippen LogP) is 5.46. The molecule has 10 nitrogen and oxygen atoms in total. The molecule has 210 valence electrons. The van der Waals surface area contributed by atoms with E-state index in [0.717, 1.165) is 55.1 Å². The minimum Gasteiger partial charge on any atom is -0.497 e. The van der Waals surface area contributed by atoms with Crippen LogP contribution in [0.3, 0.4) is 0 Å². The molecule has 0 atom stereocenters. The van der Waals surface area contributed by atoms with Crippen molar-refractivity contribution in [3.05, 3.63) is 79.1 Å². The van der Waals surface area contributed by atoms with E-state index in [9.17, 15) is 0 Å². The number of para-hydroxylation sites is 2. The molecular weight excluding hydrogens is 516 g/mol. The Morgan fingerprint density at radius 3 is 2.22 bits per heavy atom. The standard InChI is InChI=1S/C31H34N8O2/c1-4-37-13-15-38(16-14-37)24-11-9-22(10-12-24)34-29-20-30(33-21-32-29)39-28-8-6-5-7-27(28)36-31(39)35-23-17-25(40-2)19-26(18-23)41-3/h5-12,17-21H,4,13-16H2,1-3H3,(H,35,36)(H,32,33,34). The molecule has 0 bridgehead atoms. The third-order valence-corrected chi connectivity index (χ3v) is 7.37. The number of benzene rings is 3. The van der Waals surface area contributed by atoms with Crippen LogP contribution in [0.4, 0.5) is 28.8 Å². The normalized spacial score (nSPS) is 13.8. The zero-order valence-corrected chi connectivity index (χ0v) is 23.5. The van der Waals surface area contributed by atoms with Crippen LogP contribution < -0.4 is 25.0 Å². The van der Waals surface area contributed by atoms with Crippen molar-refractivity contribution in [2.45, 2.75) is 6.92 Å². The number of hydrogen-bond donors (Lipinski definition) is 2. The van der Waals surface area contributed by atoms with E-state index in [1.807, 2.05) is 53.1 Å². The van der Waals surface area contributed by atoms with Gasteiger partial charge in [0, 0.05) is 67.5 Å². The van der Waals surface area contributed by atoms with E-state index in [-0.39, 0.29) is 0 Å². The molecule has 41 heavy (non-hydrogen) atoms. The average Bonchev–Trinajstić information content (AvgIpc) is 3.39. The molecular formula is C31H34N8O2. The van der Waals surface area contributed by atoms with Crippen molar-refractivity contribution in [2.75, 3.05) is 62.5 Å². The lowest BCUT2D eigenvalue weighted by Crippen LogP contribution is -2.46. The Morgan fingerprint density at radius 2 is 1.51 bits per heavy atom. The Bertz CT molecular complexity index is 1610. The van der Waals surface area contributed by atoms with Gasteiger partial charge in [0.05, 0.1) is 25.3 Å². The molecule has 0 unspecified atom stereocenters. The summed E-state index contributed by atoms with van der Waals surface area (Å²) in [6, 6.07) is 24.0. The van der Waals surface area contributed by atoms with Crippen molar-refractivity contribution in [2.24, 2.45) is 0 Å². The summed E-state index contributed by atoms with van der Waals surface area (Å²) in [7, 11) is 3.26. The lowest BCUT2D eigenvalue weighted by Gasteiger charge is -2.35. The van der Waals surface area contributed by atoms with Crippen molar-refractivity contribution in [3.8, 4) is 17.3 Å². The van der Waals surface area contributed by atoms with Gasteiger partial charge in [-0.3, -0.25) is 4.57 Å². The summed E-state index contributed by atoms with van der Waals surface area (Å²) in [6.45, 7) is 7.64. The van der Waals surface area contributed by atoms with E-state index < -0.39 is 0 Å². The first-order valence-electron chi connectivity index (χ1n) is 13.8. The number of nitrogens with one attached hydrogen (secondary N) is 2. The van der Waals surface area contributed by atoms with Gasteiger partial charge in [-0.05, 0) is 42.9 Å². The first kappa shape index (κ1) is 26.4. The van der Waals surface area contributed by atoms with E-state index in [1.165, 1.54) is 5.69 Å². The van der Waals surface area contributed by atoms with Gasteiger partial charge in [0.15, 0.2) is 0 Å². The number of likely N-dealkylation sites (N-methyl/N-ethyl adjacent to an activating group) is 1. The third kappa shape index (κ3) is 5.73. The molecule has 0 aliphatic carbocycles. The van der Waals surface area contributed by atoms with Crippen molar-refractivity contribution in [1.29, 1.82) is 0 Å². The molecule has 0 spiro atoms. The van der Waals surface area contributed by atoms with E-state index in [1.54, 1.807) is 20.5 Å². The van der Waals surface area contributed by atoms with E-state index in [0.29, 0.717) is 29.1 Å². The fraction of sp³-hybridized carbons (Fsp3) is 0.258. The molecule has 0 radical (unpaired) electrons. The van der Waals surface area contributed by atoms with Gasteiger partial charge >= 0.3 is 0 Å². The summed E-state index contributed by atoms with van der Waals surface area (Å²) in [5.74, 6) is 3.33. The Labute approximate surface area is 239 Å². The highest BCUT2D eigenvalue weighted by Crippen LogP contribution is 2.31. The minimum atomic E-state index is 0.610. The van der Waals surface area contributed by atoms with E-state index in [2.05, 4.69) is 61.6 Å². The Kier molecular flexibility index (Phi) is 7.55. The molecule has 1 aliphatic rings. The number of anilines is 5. The molecule has 2 N–H and O–H groups in total. The van der Waals surface area contributed by atoms with Crippen LogP contribution in [-0.2, 0) is 0 Å². The molecule has 1 aliphatic heterocycles. The maximum absolute atomic E-state index is 5.45. The monoisotopic (exact) mass is 550 g/mol. The topological polar surface area (TPSA) is 92.6 Å². The lowest BCUT2D eigenvalue weighted by molar-refractivity contribution is 0.271. The van der Waals surface area contributed by atoms with Crippen LogP contribution in [0.2, 0.25) is 0 Å². The van der Waals surface area contributed by atoms with Crippen LogP contribution in [0, 0.1) is 0 Å². The van der Waals surface area contributed by atoms with Crippen LogP contribution in [0.5, 0.6) is 11.5 Å². The molecule has 3 heterocycles. The van der Waals surface area contributed by atoms with E-state index >= 15 is 0 Å². The highest BCUT2D eigenvalue weighted by atomic mass is 16.5. The van der Waals surface area contributed by atoms with E-state index in [4.69, 9.17) is 14.5 Å². The van der Waals surface area contributed by atoms with Gasteiger partial charge in [-0.1, -0.05) is 19.1 Å². The highest BCUT2D eigenvalue weighted by molar-refractivity contribution is 5.82. The van der Waals surface area contributed by atoms with Crippen molar-refractivity contribution in [3.63, 3.8) is 0 Å². The van der Waals surface area contributed by atoms with Crippen LogP contribution in [0.1, 0.15) is 6.92 Å². The summed E-state index contributed by atoms with van der Waals surface area (Å²) < 4.78 is 12.9. The molecule has 1 fully saturated rings. The average molecular weight is 551 g/mol. The second kappa shape index (κ2) is 11.7. The first-order valence-corrected chi connectivity index (χ1v) is 13.8. The van der Waals surface area contributed by atoms with Gasteiger partial charge in [0.2, 0.25) is 5.95 Å². The SMILES string of the molecule is CCN1CCN(c2ccc(Nc3cc(-n4c(Nc5cc(OC)cc(OC)c5)nc5ccccc54)ncn3)cc2)CC1. The Morgan fingerprint density at radius 1 is 0.780 bits per heavy atom. The van der Waals surface area contributed by atoms with Crippen molar-refractivity contribution in [1.82, 2.24) is 24.4 Å². The quantitative estimate of drug-likeness (QED) is 0.248. The van der Waals surface area contributed by atoms with Crippen LogP contribution in [-0.4, -0.2) is 71.4 Å². The number of hydrogen-bond acceptors (Lipinski definition) is 9. The maximum atomic E-state index is 5.45. The largest absolute Gasteiger partial charge is 0.497 e. The van der Waals surface area contributed by atoms with Crippen LogP contribution >= 0.6 is 0 Å². The second-order valence-corrected chi connectivity index (χ2v) is 9.84. The van der Waals surface area contributed by atoms with Gasteiger partial charge in [-0.2, -0.15) is 0 Å². The van der Waals surface area contributed by atoms with Crippen LogP contribution in [0.25, 0.3) is 16.9 Å². The fourth-order valence-electron chi connectivity index (χ4n) is 5.11. The molecule has 6 rings (SSSR count). The summed E-state index contributed by atoms with van der Waals surface area (Å²) in [4.78, 5) is 18.9. The molecule has 0 amide bonds. The smallest absolute Gasteiger partial charge is 0.214 e. The summed E-state index contributed by atoms with van der Waals surface area (Å²) in [5.41, 5.74) is 4.74. The molecule has 0 saturated carbocycles. The van der Waals surface area contributed by atoms with Crippen molar-refractivity contribution >= 4 is 39.9 Å². The maximum Gasteiger partial charge on any atom is 0.214 e. The fourth-order valence-corrected chi connectivity index (χ4v) is 5.11. The molecule has 5 aromatic rings. The number of methoxy groups -OCH3 is 2. The minimum absolute atomic E-state index is 0.610. The molecule has 10 heteroatoms. The molecule has 3 aromatic carbocycles. The summed E-state index contributed by atoms with van der Waals surface area (Å²) in [5, 5.41) is 6.86. The Hall–Kier alpha value is -4.83. The number of rotatable bonds is 9. The number of nitrogens with zero attached hydrogens (tertiary/aromatic N) is 6. The lowest BCUT2D eigenvalue weighted by atomic mass is 10.2. The van der Waals surface area contributed by atoms with Crippen LogP contribution in [0.15, 0.2) is 79.1 Å². The molecule has 1 saturated heterocycles. The van der Waals surface area contributed by atoms with Gasteiger partial charge in [-0.25, -0.2) is 15.0 Å². The number of aromatic nitrogens is 4. The second-order valence-electron chi connectivity index (χ2n) is 9.84. The summed E-state index contributed by atoms with van der Waals surface area (Å²) in [6.07, 6.45) is 1.56. The Balaban J connectivity index is 1.27. The summed E-state index contributed by atoms with van der Waals surface area (Å²) >= 11 is 0. The van der Waals surface area contributed by atoms with Gasteiger partial charge in [0.1, 0.15) is 29.5 Å². The predicted molar refractivity (Wildman–Crippen MR) is 164 cm³/mol.